The molecule has 1 nitrogen and oxygen atoms in total. The minimum atomic E-state index is 0.435. The Bertz CT molecular complexity index is 321. The van der Waals surface area contributed by atoms with E-state index in [2.05, 4.69) is 56.1 Å². The lowest BCUT2D eigenvalue weighted by atomic mass is 9.94. The van der Waals surface area contributed by atoms with Gasteiger partial charge in [-0.15, -0.1) is 0 Å². The van der Waals surface area contributed by atoms with Gasteiger partial charge in [0.25, 0.3) is 0 Å². The van der Waals surface area contributed by atoms with Crippen LogP contribution in [0.4, 0.5) is 0 Å². The molecule has 2 heteroatoms. The highest BCUT2D eigenvalue weighted by molar-refractivity contribution is 7.80. The third-order valence-corrected chi connectivity index (χ3v) is 3.44. The summed E-state index contributed by atoms with van der Waals surface area (Å²) in [7, 11) is 2.06. The predicted molar refractivity (Wildman–Crippen MR) is 70.4 cm³/mol. The summed E-state index contributed by atoms with van der Waals surface area (Å²) in [6, 6.07) is 11.0. The van der Waals surface area contributed by atoms with Gasteiger partial charge in [-0.2, -0.15) is 0 Å². The van der Waals surface area contributed by atoms with Crippen molar-refractivity contribution in [3.8, 4) is 0 Å². The van der Waals surface area contributed by atoms with Crippen LogP contribution in [-0.2, 0) is 0 Å². The molecule has 0 amide bonds. The monoisotopic (exact) mass is 221 g/mol. The van der Waals surface area contributed by atoms with Crippen LogP contribution in [0, 0.1) is 0 Å². The normalized spacial score (nSPS) is 14.4. The summed E-state index contributed by atoms with van der Waals surface area (Å²) in [6.07, 6.45) is 0. The van der Waals surface area contributed by atoms with Crippen molar-refractivity contribution in [2.45, 2.75) is 32.7 Å². The highest BCUT2D eigenvalue weighted by atomic mass is 32.1. The van der Waals surface area contributed by atoms with Crippen LogP contribution in [0.15, 0.2) is 30.3 Å². The standard InChI is InChI=1S/C13H19NS/c1-10(11(2)14(4)12(3)15)13-8-6-5-7-9-13/h5-11H,1-4H3. The molecule has 0 aliphatic heterocycles. The molecular formula is C13H19NS. The van der Waals surface area contributed by atoms with E-state index in [9.17, 15) is 0 Å². The van der Waals surface area contributed by atoms with Crippen molar-refractivity contribution in [2.24, 2.45) is 0 Å². The molecule has 2 unspecified atom stereocenters. The Morgan fingerprint density at radius 1 is 1.20 bits per heavy atom. The van der Waals surface area contributed by atoms with Crippen LogP contribution >= 0.6 is 12.2 Å². The first kappa shape index (κ1) is 12.2. The molecule has 1 aromatic carbocycles. The minimum absolute atomic E-state index is 0.435. The van der Waals surface area contributed by atoms with E-state index < -0.39 is 0 Å². The second kappa shape index (κ2) is 5.26. The molecule has 0 aliphatic rings. The molecule has 0 spiro atoms. The Balaban J connectivity index is 2.77. The maximum atomic E-state index is 5.19. The van der Waals surface area contributed by atoms with Gasteiger partial charge in [0.2, 0.25) is 0 Å². The highest BCUT2D eigenvalue weighted by Crippen LogP contribution is 2.22. The van der Waals surface area contributed by atoms with Crippen LogP contribution in [0.25, 0.3) is 0 Å². The number of nitrogens with zero attached hydrogens (tertiary/aromatic N) is 1. The van der Waals surface area contributed by atoms with E-state index in [1.54, 1.807) is 0 Å². The number of hydrogen-bond donors (Lipinski definition) is 0. The van der Waals surface area contributed by atoms with Gasteiger partial charge in [-0.3, -0.25) is 0 Å². The van der Waals surface area contributed by atoms with Gasteiger partial charge in [0.1, 0.15) is 0 Å². The molecule has 2 atom stereocenters. The summed E-state index contributed by atoms with van der Waals surface area (Å²) in [5.74, 6) is 0.495. The molecule has 15 heavy (non-hydrogen) atoms. The van der Waals surface area contributed by atoms with E-state index in [-0.39, 0.29) is 0 Å². The lowest BCUT2D eigenvalue weighted by Gasteiger charge is -2.31. The number of hydrogen-bond acceptors (Lipinski definition) is 1. The summed E-state index contributed by atoms with van der Waals surface area (Å²) in [4.78, 5) is 3.11. The zero-order valence-electron chi connectivity index (χ0n) is 9.90. The molecule has 1 aromatic rings. The van der Waals surface area contributed by atoms with Crippen LogP contribution in [0.2, 0.25) is 0 Å². The van der Waals surface area contributed by atoms with Crippen molar-refractivity contribution >= 4 is 17.2 Å². The molecule has 0 aromatic heterocycles. The molecule has 82 valence electrons. The first-order valence-electron chi connectivity index (χ1n) is 5.32. The van der Waals surface area contributed by atoms with E-state index in [1.807, 2.05) is 6.92 Å². The molecular weight excluding hydrogens is 202 g/mol. The van der Waals surface area contributed by atoms with Crippen LogP contribution in [0.1, 0.15) is 32.3 Å². The first-order valence-corrected chi connectivity index (χ1v) is 5.73. The Morgan fingerprint density at radius 3 is 2.20 bits per heavy atom. The first-order chi connectivity index (χ1) is 7.04. The van der Waals surface area contributed by atoms with Crippen LogP contribution in [0.5, 0.6) is 0 Å². The third kappa shape index (κ3) is 3.03. The molecule has 0 saturated carbocycles. The Kier molecular flexibility index (Phi) is 4.28. The van der Waals surface area contributed by atoms with Gasteiger partial charge in [0.15, 0.2) is 0 Å². The highest BCUT2D eigenvalue weighted by Gasteiger charge is 2.18. The van der Waals surface area contributed by atoms with Crippen molar-refractivity contribution in [2.75, 3.05) is 7.05 Å². The smallest absolute Gasteiger partial charge is 0.0747 e. The summed E-state index contributed by atoms with van der Waals surface area (Å²) in [5.41, 5.74) is 1.37. The van der Waals surface area contributed by atoms with Gasteiger partial charge in [0, 0.05) is 19.0 Å². The van der Waals surface area contributed by atoms with Gasteiger partial charge in [-0.1, -0.05) is 49.5 Å². The van der Waals surface area contributed by atoms with E-state index in [0.29, 0.717) is 12.0 Å². The second-order valence-corrected chi connectivity index (χ2v) is 4.66. The lowest BCUT2D eigenvalue weighted by Crippen LogP contribution is -2.35. The van der Waals surface area contributed by atoms with Gasteiger partial charge in [-0.05, 0) is 19.4 Å². The zero-order valence-corrected chi connectivity index (χ0v) is 10.7. The predicted octanol–water partition coefficient (Wildman–Crippen LogP) is 3.46. The average molecular weight is 221 g/mol. The quantitative estimate of drug-likeness (QED) is 0.719. The Morgan fingerprint density at radius 2 is 1.73 bits per heavy atom. The van der Waals surface area contributed by atoms with Crippen molar-refractivity contribution in [1.29, 1.82) is 0 Å². The fourth-order valence-corrected chi connectivity index (χ4v) is 1.82. The summed E-state index contributed by atoms with van der Waals surface area (Å²) >= 11 is 5.19. The van der Waals surface area contributed by atoms with Gasteiger partial charge in [-0.25, -0.2) is 0 Å². The van der Waals surface area contributed by atoms with Crippen LogP contribution in [-0.4, -0.2) is 23.0 Å². The van der Waals surface area contributed by atoms with Gasteiger partial charge >= 0.3 is 0 Å². The Labute approximate surface area is 98.1 Å². The summed E-state index contributed by atoms with van der Waals surface area (Å²) < 4.78 is 0. The van der Waals surface area contributed by atoms with Crippen molar-refractivity contribution in [1.82, 2.24) is 4.90 Å². The largest absolute Gasteiger partial charge is 0.366 e. The zero-order chi connectivity index (χ0) is 11.4. The molecule has 1 rings (SSSR count). The molecule has 0 N–H and O–H groups in total. The van der Waals surface area contributed by atoms with Crippen LogP contribution in [0.3, 0.4) is 0 Å². The third-order valence-electron chi connectivity index (χ3n) is 3.16. The number of thiocarbonyl (C=S) groups is 1. The van der Waals surface area contributed by atoms with E-state index in [1.165, 1.54) is 5.56 Å². The molecule has 0 bridgehead atoms. The Hall–Kier alpha value is -0.890. The fraction of sp³-hybridized carbons (Fsp3) is 0.462. The van der Waals surface area contributed by atoms with Gasteiger partial charge < -0.3 is 4.90 Å². The van der Waals surface area contributed by atoms with Crippen molar-refractivity contribution in [3.63, 3.8) is 0 Å². The number of likely N-dealkylation sites (N-methyl/N-ethyl adjacent to an activating group) is 1. The van der Waals surface area contributed by atoms with E-state index in [0.717, 1.165) is 4.99 Å². The molecule has 0 radical (unpaired) electrons. The molecule has 0 saturated heterocycles. The molecule has 0 fully saturated rings. The molecule has 0 heterocycles. The number of benzene rings is 1. The summed E-state index contributed by atoms with van der Waals surface area (Å²) in [6.45, 7) is 6.44. The van der Waals surface area contributed by atoms with Crippen LogP contribution < -0.4 is 0 Å². The second-order valence-electron chi connectivity index (χ2n) is 4.07. The van der Waals surface area contributed by atoms with Gasteiger partial charge in [0.05, 0.1) is 4.99 Å². The average Bonchev–Trinajstić information content (AvgIpc) is 2.27. The lowest BCUT2D eigenvalue weighted by molar-refractivity contribution is 0.350. The van der Waals surface area contributed by atoms with Crippen molar-refractivity contribution in [3.05, 3.63) is 35.9 Å². The summed E-state index contributed by atoms with van der Waals surface area (Å²) in [5, 5.41) is 0. The molecule has 0 aliphatic carbocycles. The fourth-order valence-electron chi connectivity index (χ4n) is 1.66. The van der Waals surface area contributed by atoms with E-state index in [4.69, 9.17) is 12.2 Å². The SMILES string of the molecule is CC(=S)N(C)C(C)C(C)c1ccccc1. The van der Waals surface area contributed by atoms with Crippen molar-refractivity contribution < 1.29 is 0 Å². The minimum Gasteiger partial charge on any atom is -0.366 e. The van der Waals surface area contributed by atoms with E-state index >= 15 is 0 Å². The maximum Gasteiger partial charge on any atom is 0.0747 e. The number of rotatable bonds is 3. The maximum absolute atomic E-state index is 5.19. The topological polar surface area (TPSA) is 3.24 Å².